The van der Waals surface area contributed by atoms with Gasteiger partial charge in [-0.05, 0) is 26.7 Å². The van der Waals surface area contributed by atoms with E-state index in [2.05, 4.69) is 31.2 Å². The van der Waals surface area contributed by atoms with Crippen molar-refractivity contribution >= 4 is 17.5 Å². The summed E-state index contributed by atoms with van der Waals surface area (Å²) in [6.45, 7) is 10.8. The lowest BCUT2D eigenvalue weighted by molar-refractivity contribution is -0.141. The first-order valence-corrected chi connectivity index (χ1v) is 8.51. The van der Waals surface area contributed by atoms with Gasteiger partial charge in [0.2, 0.25) is 5.91 Å². The summed E-state index contributed by atoms with van der Waals surface area (Å²) in [5.41, 5.74) is -0.281. The average Bonchev–Trinajstić information content (AvgIpc) is 2.88. The predicted octanol–water partition coefficient (Wildman–Crippen LogP) is 2.68. The third kappa shape index (κ3) is 3.86. The maximum atomic E-state index is 12.8. The van der Waals surface area contributed by atoms with Gasteiger partial charge in [-0.3, -0.25) is 14.3 Å². The maximum Gasteiger partial charge on any atom is 0.238 e. The summed E-state index contributed by atoms with van der Waals surface area (Å²) < 4.78 is 6.95. The van der Waals surface area contributed by atoms with E-state index in [4.69, 9.17) is 4.74 Å². The van der Waals surface area contributed by atoms with Crippen molar-refractivity contribution in [2.24, 2.45) is 18.4 Å². The first-order valence-electron chi connectivity index (χ1n) is 8.51. The fourth-order valence-corrected chi connectivity index (χ4v) is 2.81. The number of carbonyl (C=O) groups excluding carboxylic acids is 2. The Bertz CT molecular complexity index is 620. The number of amides is 1. The molecule has 1 saturated heterocycles. The molecule has 0 aromatic carbocycles. The molecule has 0 spiro atoms. The molecule has 2 heterocycles. The van der Waals surface area contributed by atoms with E-state index in [1.165, 1.54) is 0 Å². The van der Waals surface area contributed by atoms with E-state index in [1.54, 1.807) is 25.6 Å². The molecule has 6 nitrogen and oxygen atoms in total. The molecular weight excluding hydrogens is 306 g/mol. The van der Waals surface area contributed by atoms with E-state index in [9.17, 15) is 9.59 Å². The first kappa shape index (κ1) is 18.6. The molecule has 0 unspecified atom stereocenters. The zero-order valence-electron chi connectivity index (χ0n) is 15.6. The van der Waals surface area contributed by atoms with Gasteiger partial charge in [0.1, 0.15) is 11.2 Å². The van der Waals surface area contributed by atoms with Gasteiger partial charge in [0.15, 0.2) is 5.78 Å². The highest BCUT2D eigenvalue weighted by Crippen LogP contribution is 2.30. The number of carbonyl (C=O) groups is 2. The average molecular weight is 335 g/mol. The molecule has 0 aliphatic carbocycles. The molecule has 0 radical (unpaired) electrons. The molecule has 0 saturated carbocycles. The van der Waals surface area contributed by atoms with E-state index >= 15 is 0 Å². The van der Waals surface area contributed by atoms with Gasteiger partial charge in [-0.2, -0.15) is 5.10 Å². The summed E-state index contributed by atoms with van der Waals surface area (Å²) in [5, 5.41) is 7.32. The van der Waals surface area contributed by atoms with E-state index in [1.807, 2.05) is 6.07 Å². The number of nitrogens with zero attached hydrogens (tertiary/aromatic N) is 2. The van der Waals surface area contributed by atoms with Crippen LogP contribution in [-0.2, 0) is 26.8 Å². The van der Waals surface area contributed by atoms with Crippen molar-refractivity contribution in [3.63, 3.8) is 0 Å². The number of aryl methyl sites for hydroxylation is 1. The minimum atomic E-state index is -1.08. The smallest absolute Gasteiger partial charge is 0.238 e. The lowest BCUT2D eigenvalue weighted by atomic mass is 9.77. The zero-order valence-corrected chi connectivity index (χ0v) is 15.6. The molecule has 0 atom stereocenters. The Hall–Kier alpha value is -1.69. The van der Waals surface area contributed by atoms with Gasteiger partial charge in [0, 0.05) is 37.7 Å². The molecule has 24 heavy (non-hydrogen) atoms. The van der Waals surface area contributed by atoms with E-state index < -0.39 is 5.41 Å². The summed E-state index contributed by atoms with van der Waals surface area (Å²) in [6.07, 6.45) is 1.38. The molecular formula is C18H29N3O3. The van der Waals surface area contributed by atoms with Gasteiger partial charge in [-0.1, -0.05) is 20.8 Å². The van der Waals surface area contributed by atoms with Crippen molar-refractivity contribution in [2.75, 3.05) is 18.5 Å². The van der Waals surface area contributed by atoms with Gasteiger partial charge in [-0.25, -0.2) is 0 Å². The summed E-state index contributed by atoms with van der Waals surface area (Å²) >= 11 is 0. The van der Waals surface area contributed by atoms with Crippen molar-refractivity contribution < 1.29 is 14.3 Å². The van der Waals surface area contributed by atoms with Gasteiger partial charge in [-0.15, -0.1) is 0 Å². The molecule has 1 N–H and O–H groups in total. The Morgan fingerprint density at radius 2 is 1.79 bits per heavy atom. The third-order valence-electron chi connectivity index (χ3n) is 4.67. The van der Waals surface area contributed by atoms with Crippen LogP contribution in [0.3, 0.4) is 0 Å². The Morgan fingerprint density at radius 3 is 2.29 bits per heavy atom. The Balaban J connectivity index is 2.13. The monoisotopic (exact) mass is 335 g/mol. The van der Waals surface area contributed by atoms with Crippen LogP contribution in [-0.4, -0.2) is 34.7 Å². The molecule has 1 aromatic heterocycles. The molecule has 1 aliphatic rings. The van der Waals surface area contributed by atoms with Crippen LogP contribution in [0.4, 0.5) is 5.82 Å². The van der Waals surface area contributed by atoms with Gasteiger partial charge < -0.3 is 10.1 Å². The third-order valence-corrected chi connectivity index (χ3v) is 4.67. The molecule has 134 valence electrons. The SMILES string of the molecule is Cn1nc(C(C)(C)C)cc1NC(=O)C(C)(C)C(=O)C1CCOCC1. The van der Waals surface area contributed by atoms with Crippen LogP contribution >= 0.6 is 0 Å². The molecule has 2 rings (SSSR count). The number of Topliss-reactive ketones (excluding diaryl/α,β-unsaturated/α-hetero) is 1. The second kappa shape index (κ2) is 6.67. The van der Waals surface area contributed by atoms with Crippen molar-refractivity contribution in [1.29, 1.82) is 0 Å². The molecule has 1 amide bonds. The Morgan fingerprint density at radius 1 is 1.21 bits per heavy atom. The molecule has 0 bridgehead atoms. The molecule has 1 aliphatic heterocycles. The first-order chi connectivity index (χ1) is 11.0. The Labute approximate surface area is 143 Å². The minimum absolute atomic E-state index is 0.0125. The quantitative estimate of drug-likeness (QED) is 0.859. The largest absolute Gasteiger partial charge is 0.381 e. The topological polar surface area (TPSA) is 73.2 Å². The van der Waals surface area contributed by atoms with Crippen molar-refractivity contribution in [2.45, 2.75) is 52.9 Å². The zero-order chi connectivity index (χ0) is 18.1. The molecule has 1 fully saturated rings. The van der Waals surface area contributed by atoms with Crippen LogP contribution < -0.4 is 5.32 Å². The molecule has 6 heteroatoms. The van der Waals surface area contributed by atoms with Gasteiger partial charge >= 0.3 is 0 Å². The second-order valence-electron chi connectivity index (χ2n) is 8.12. The number of hydrogen-bond acceptors (Lipinski definition) is 4. The summed E-state index contributed by atoms with van der Waals surface area (Å²) in [4.78, 5) is 25.5. The number of nitrogens with one attached hydrogen (secondary N) is 1. The number of aromatic nitrogens is 2. The highest BCUT2D eigenvalue weighted by Gasteiger charge is 2.40. The van der Waals surface area contributed by atoms with Crippen LogP contribution in [0.25, 0.3) is 0 Å². The number of rotatable bonds is 4. The fourth-order valence-electron chi connectivity index (χ4n) is 2.81. The Kier molecular flexibility index (Phi) is 5.18. The minimum Gasteiger partial charge on any atom is -0.381 e. The highest BCUT2D eigenvalue weighted by atomic mass is 16.5. The fraction of sp³-hybridized carbons (Fsp3) is 0.722. The van der Waals surface area contributed by atoms with Crippen LogP contribution in [0, 0.1) is 11.3 Å². The number of ether oxygens (including phenoxy) is 1. The summed E-state index contributed by atoms with van der Waals surface area (Å²) in [6, 6.07) is 1.87. The van der Waals surface area contributed by atoms with Crippen molar-refractivity contribution in [3.05, 3.63) is 11.8 Å². The lowest BCUT2D eigenvalue weighted by Crippen LogP contribution is -2.43. The van der Waals surface area contributed by atoms with Crippen LogP contribution in [0.15, 0.2) is 6.07 Å². The van der Waals surface area contributed by atoms with Crippen LogP contribution in [0.5, 0.6) is 0 Å². The number of anilines is 1. The maximum absolute atomic E-state index is 12.8. The molecule has 1 aromatic rings. The highest BCUT2D eigenvalue weighted by molar-refractivity contribution is 6.11. The predicted molar refractivity (Wildman–Crippen MR) is 92.9 cm³/mol. The second-order valence-corrected chi connectivity index (χ2v) is 8.12. The van der Waals surface area contributed by atoms with Crippen molar-refractivity contribution in [3.8, 4) is 0 Å². The van der Waals surface area contributed by atoms with E-state index in [0.717, 1.165) is 5.69 Å². The van der Waals surface area contributed by atoms with Crippen molar-refractivity contribution in [1.82, 2.24) is 9.78 Å². The summed E-state index contributed by atoms with van der Waals surface area (Å²) in [5.74, 6) is 0.206. The number of ketones is 1. The normalized spacial score (nSPS) is 16.9. The van der Waals surface area contributed by atoms with Crippen LogP contribution in [0.2, 0.25) is 0 Å². The van der Waals surface area contributed by atoms with Gasteiger partial charge in [0.25, 0.3) is 0 Å². The lowest BCUT2D eigenvalue weighted by Gasteiger charge is -2.29. The number of hydrogen-bond donors (Lipinski definition) is 1. The van der Waals surface area contributed by atoms with E-state index in [0.29, 0.717) is 31.9 Å². The summed E-state index contributed by atoms with van der Waals surface area (Å²) in [7, 11) is 1.79. The standard InChI is InChI=1S/C18H29N3O3/c1-17(2,3)13-11-14(21(6)20-13)19-16(23)18(4,5)15(22)12-7-9-24-10-8-12/h11-12H,7-10H2,1-6H3,(H,19,23). The van der Waals surface area contributed by atoms with Crippen LogP contribution in [0.1, 0.15) is 53.2 Å². The van der Waals surface area contributed by atoms with Gasteiger partial charge in [0.05, 0.1) is 5.69 Å². The van der Waals surface area contributed by atoms with E-state index in [-0.39, 0.29) is 23.0 Å².